The van der Waals surface area contributed by atoms with Crippen LogP contribution >= 0.6 is 0 Å². The molecule has 154 valence electrons. The Morgan fingerprint density at radius 2 is 2.03 bits per heavy atom. The Hall–Kier alpha value is -2.94. The van der Waals surface area contributed by atoms with Crippen molar-refractivity contribution in [3.63, 3.8) is 0 Å². The van der Waals surface area contributed by atoms with Crippen LogP contribution < -0.4 is 14.8 Å². The lowest BCUT2D eigenvalue weighted by atomic mass is 10.1. The largest absolute Gasteiger partial charge is 0.486 e. The zero-order valence-electron chi connectivity index (χ0n) is 16.3. The van der Waals surface area contributed by atoms with E-state index in [9.17, 15) is 13.0 Å². The van der Waals surface area contributed by atoms with Crippen molar-refractivity contribution in [1.29, 1.82) is 0 Å². The fraction of sp³-hybridized carbons (Fsp3) is 0.250. The van der Waals surface area contributed by atoms with Crippen LogP contribution in [-0.2, 0) is 9.71 Å². The summed E-state index contributed by atoms with van der Waals surface area (Å²) in [5, 5.41) is 3.86. The van der Waals surface area contributed by atoms with Gasteiger partial charge in [0.25, 0.3) is 0 Å². The van der Waals surface area contributed by atoms with Crippen LogP contribution in [0.15, 0.2) is 36.7 Å². The second-order valence-corrected chi connectivity index (χ2v) is 9.08. The molecule has 3 aromatic rings. The van der Waals surface area contributed by atoms with Gasteiger partial charge in [0.15, 0.2) is 0 Å². The van der Waals surface area contributed by atoms with Crippen LogP contribution in [0.25, 0.3) is 10.9 Å². The van der Waals surface area contributed by atoms with Crippen molar-refractivity contribution < 1.29 is 17.7 Å². The van der Waals surface area contributed by atoms with Crippen LogP contribution in [0.3, 0.4) is 0 Å². The molecule has 0 fully saturated rings. The number of nitrogens with one attached hydrogen (secondary N) is 2. The van der Waals surface area contributed by atoms with Crippen molar-refractivity contribution in [2.45, 2.75) is 20.0 Å². The molecule has 6 nitrogen and oxygen atoms in total. The first-order valence-electron chi connectivity index (χ1n) is 8.81. The smallest absolute Gasteiger partial charge is 0.146 e. The number of halogens is 2. The summed E-state index contributed by atoms with van der Waals surface area (Å²) in [4.78, 5) is 8.58. The number of fused-ring (bicyclic) bond motifs is 1. The summed E-state index contributed by atoms with van der Waals surface area (Å²) in [6.07, 6.45) is 2.17. The monoisotopic (exact) mass is 420 g/mol. The van der Waals surface area contributed by atoms with E-state index in [2.05, 4.69) is 25.9 Å². The van der Waals surface area contributed by atoms with Gasteiger partial charge >= 0.3 is 0 Å². The van der Waals surface area contributed by atoms with Crippen molar-refractivity contribution in [3.8, 4) is 5.75 Å². The van der Waals surface area contributed by atoms with E-state index in [-0.39, 0.29) is 5.75 Å². The summed E-state index contributed by atoms with van der Waals surface area (Å²) in [6, 6.07) is 7.54. The standard InChI is InChI=1S/C20H22F2N4O2S/c1-12-7-15(26-29(3,4)27)9-17-19(12)20(24-11-23-17)25-16-6-5-14(22)8-18(16)28-13(2)10-21/h5-9,11,13H,3,10H2,1-2,4H3,(H,26,27)(H,23,24,25). The maximum absolute atomic E-state index is 13.7. The number of anilines is 3. The molecule has 0 aliphatic heterocycles. The van der Waals surface area contributed by atoms with E-state index >= 15 is 0 Å². The molecule has 0 bridgehead atoms. The predicted octanol–water partition coefficient (Wildman–Crippen LogP) is 4.23. The maximum atomic E-state index is 13.7. The normalized spacial score (nSPS) is 14.2. The van der Waals surface area contributed by atoms with Gasteiger partial charge in [0, 0.05) is 33.1 Å². The third-order valence-electron chi connectivity index (χ3n) is 4.01. The van der Waals surface area contributed by atoms with Crippen LogP contribution in [0.4, 0.5) is 26.0 Å². The molecule has 0 saturated carbocycles. The molecular weight excluding hydrogens is 398 g/mol. The van der Waals surface area contributed by atoms with Gasteiger partial charge in [-0.1, -0.05) is 0 Å². The molecule has 0 radical (unpaired) electrons. The summed E-state index contributed by atoms with van der Waals surface area (Å²) in [5.74, 6) is 3.77. The number of aromatic nitrogens is 2. The molecule has 2 N–H and O–H groups in total. The first-order chi connectivity index (χ1) is 13.7. The van der Waals surface area contributed by atoms with E-state index < -0.39 is 28.3 Å². The molecule has 0 aliphatic rings. The summed E-state index contributed by atoms with van der Waals surface area (Å²) < 4.78 is 46.8. The van der Waals surface area contributed by atoms with Crippen LogP contribution in [-0.4, -0.2) is 39.1 Å². The van der Waals surface area contributed by atoms with Crippen molar-refractivity contribution in [2.75, 3.05) is 23.0 Å². The Morgan fingerprint density at radius 3 is 2.72 bits per heavy atom. The first kappa shape index (κ1) is 20.8. The lowest BCUT2D eigenvalue weighted by molar-refractivity contribution is 0.182. The second-order valence-electron chi connectivity index (χ2n) is 6.86. The molecule has 2 aromatic carbocycles. The number of hydrogen-bond donors (Lipinski definition) is 2. The SMILES string of the molecule is C=S(C)(=O)Nc1cc(C)c2c(Nc3ccc(F)cc3OC(C)CF)ncnc2c1. The molecule has 2 unspecified atom stereocenters. The number of hydrogen-bond acceptors (Lipinski definition) is 5. The van der Waals surface area contributed by atoms with Gasteiger partial charge in [0.1, 0.15) is 36.5 Å². The van der Waals surface area contributed by atoms with Gasteiger partial charge in [0.05, 0.1) is 11.2 Å². The third kappa shape index (κ3) is 5.11. The molecule has 9 heteroatoms. The van der Waals surface area contributed by atoms with Gasteiger partial charge in [-0.2, -0.15) is 0 Å². The average molecular weight is 420 g/mol. The number of nitrogens with zero attached hydrogens (tertiary/aromatic N) is 2. The van der Waals surface area contributed by atoms with Gasteiger partial charge in [-0.05, 0) is 49.5 Å². The minimum atomic E-state index is -2.44. The molecule has 1 aromatic heterocycles. The minimum absolute atomic E-state index is 0.181. The lowest BCUT2D eigenvalue weighted by Gasteiger charge is -2.17. The predicted molar refractivity (Wildman–Crippen MR) is 115 cm³/mol. The Bertz CT molecular complexity index is 1150. The van der Waals surface area contributed by atoms with Crippen LogP contribution in [0, 0.1) is 12.7 Å². The highest BCUT2D eigenvalue weighted by molar-refractivity contribution is 8.00. The number of ether oxygens (including phenoxy) is 1. The maximum Gasteiger partial charge on any atom is 0.146 e. The number of aryl methyl sites for hydroxylation is 1. The van der Waals surface area contributed by atoms with Gasteiger partial charge < -0.3 is 14.8 Å². The van der Waals surface area contributed by atoms with E-state index in [0.29, 0.717) is 22.7 Å². The molecule has 0 spiro atoms. The van der Waals surface area contributed by atoms with E-state index in [1.807, 2.05) is 13.0 Å². The summed E-state index contributed by atoms with van der Waals surface area (Å²) in [5.41, 5.74) is 2.53. The van der Waals surface area contributed by atoms with Crippen molar-refractivity contribution in [2.24, 2.45) is 0 Å². The Labute approximate surface area is 168 Å². The summed E-state index contributed by atoms with van der Waals surface area (Å²) >= 11 is 0. The van der Waals surface area contributed by atoms with E-state index in [4.69, 9.17) is 4.74 Å². The Morgan fingerprint density at radius 1 is 1.28 bits per heavy atom. The number of benzene rings is 2. The van der Waals surface area contributed by atoms with Gasteiger partial charge in [-0.25, -0.2) is 23.0 Å². The van der Waals surface area contributed by atoms with Gasteiger partial charge in [-0.3, -0.25) is 0 Å². The number of rotatable bonds is 7. The van der Waals surface area contributed by atoms with Crippen LogP contribution in [0.2, 0.25) is 0 Å². The van der Waals surface area contributed by atoms with Crippen LogP contribution in [0.1, 0.15) is 12.5 Å². The van der Waals surface area contributed by atoms with Crippen LogP contribution in [0.5, 0.6) is 5.75 Å². The topological polar surface area (TPSA) is 76.1 Å². The molecule has 0 aliphatic carbocycles. The average Bonchev–Trinajstić information content (AvgIpc) is 2.62. The Kier molecular flexibility index (Phi) is 5.88. The van der Waals surface area contributed by atoms with Crippen molar-refractivity contribution in [3.05, 3.63) is 48.0 Å². The fourth-order valence-electron chi connectivity index (χ4n) is 2.87. The first-order valence-corrected chi connectivity index (χ1v) is 10.9. The molecule has 1 heterocycles. The third-order valence-corrected chi connectivity index (χ3v) is 4.68. The van der Waals surface area contributed by atoms with Crippen molar-refractivity contribution in [1.82, 2.24) is 9.97 Å². The molecule has 3 rings (SSSR count). The number of alkyl halides is 1. The quantitative estimate of drug-likeness (QED) is 0.560. The summed E-state index contributed by atoms with van der Waals surface area (Å²) in [7, 11) is -2.44. The Balaban J connectivity index is 2.03. The highest BCUT2D eigenvalue weighted by Gasteiger charge is 2.14. The minimum Gasteiger partial charge on any atom is -0.486 e. The molecule has 29 heavy (non-hydrogen) atoms. The van der Waals surface area contributed by atoms with Gasteiger partial charge in [0.2, 0.25) is 0 Å². The highest BCUT2D eigenvalue weighted by atomic mass is 32.2. The second kappa shape index (κ2) is 8.20. The molecule has 0 amide bonds. The molecule has 0 saturated heterocycles. The molecule has 2 atom stereocenters. The van der Waals surface area contributed by atoms with E-state index in [0.717, 1.165) is 10.9 Å². The summed E-state index contributed by atoms with van der Waals surface area (Å²) in [6.45, 7) is 2.73. The highest BCUT2D eigenvalue weighted by Crippen LogP contribution is 2.33. The fourth-order valence-corrected chi connectivity index (χ4v) is 3.48. The molecular formula is C20H22F2N4O2S. The van der Waals surface area contributed by atoms with E-state index in [1.54, 1.807) is 13.0 Å². The van der Waals surface area contributed by atoms with Gasteiger partial charge in [-0.15, -0.1) is 0 Å². The zero-order valence-corrected chi connectivity index (χ0v) is 17.1. The zero-order chi connectivity index (χ0) is 21.2. The van der Waals surface area contributed by atoms with E-state index in [1.165, 1.54) is 30.8 Å². The van der Waals surface area contributed by atoms with Crippen molar-refractivity contribution >= 4 is 43.7 Å². The lowest BCUT2D eigenvalue weighted by Crippen LogP contribution is -2.15.